The van der Waals surface area contributed by atoms with E-state index in [0.29, 0.717) is 0 Å². The molecule has 2 aliphatic heterocycles. The molecule has 1 N–H and O–H groups in total. The number of hydrogen-bond acceptors (Lipinski definition) is 3. The van der Waals surface area contributed by atoms with Gasteiger partial charge in [-0.25, -0.2) is 0 Å². The van der Waals surface area contributed by atoms with Crippen molar-refractivity contribution >= 4 is 0 Å². The summed E-state index contributed by atoms with van der Waals surface area (Å²) in [6.07, 6.45) is 6.79. The van der Waals surface area contributed by atoms with E-state index in [1.54, 1.807) is 0 Å². The molecule has 0 bridgehead atoms. The van der Waals surface area contributed by atoms with Gasteiger partial charge in [-0.1, -0.05) is 0 Å². The van der Waals surface area contributed by atoms with Gasteiger partial charge in [0.15, 0.2) is 0 Å². The highest BCUT2D eigenvalue weighted by molar-refractivity contribution is 4.83. The first-order valence-corrected chi connectivity index (χ1v) is 6.87. The van der Waals surface area contributed by atoms with Crippen LogP contribution in [-0.4, -0.2) is 62.2 Å². The summed E-state index contributed by atoms with van der Waals surface area (Å²) in [5, 5.41) is 3.87. The molecule has 0 aromatic heterocycles. The van der Waals surface area contributed by atoms with Gasteiger partial charge in [0, 0.05) is 18.6 Å². The van der Waals surface area contributed by atoms with Gasteiger partial charge in [-0.2, -0.15) is 0 Å². The maximum atomic E-state index is 3.87. The Morgan fingerprint density at radius 2 is 1.50 bits per heavy atom. The molecule has 0 radical (unpaired) electrons. The molecule has 0 aromatic carbocycles. The van der Waals surface area contributed by atoms with Gasteiger partial charge >= 0.3 is 0 Å². The first-order chi connectivity index (χ1) is 7.74. The maximum Gasteiger partial charge on any atom is 0.0209 e. The topological polar surface area (TPSA) is 18.5 Å². The van der Waals surface area contributed by atoms with Gasteiger partial charge < -0.3 is 15.1 Å². The normalized spacial score (nSPS) is 31.5. The first-order valence-electron chi connectivity index (χ1n) is 6.87. The van der Waals surface area contributed by atoms with Gasteiger partial charge in [-0.05, 0) is 65.8 Å². The van der Waals surface area contributed by atoms with Crippen LogP contribution in [0.1, 0.15) is 32.1 Å². The average Bonchev–Trinajstić information content (AvgIpc) is 2.60. The molecule has 0 aromatic rings. The zero-order chi connectivity index (χ0) is 11.4. The van der Waals surface area contributed by atoms with Gasteiger partial charge in [0.25, 0.3) is 0 Å². The Morgan fingerprint density at radius 1 is 0.812 bits per heavy atom. The van der Waals surface area contributed by atoms with E-state index in [1.807, 2.05) is 0 Å². The van der Waals surface area contributed by atoms with Gasteiger partial charge in [0.2, 0.25) is 0 Å². The highest BCUT2D eigenvalue weighted by Crippen LogP contribution is 2.14. The zero-order valence-corrected chi connectivity index (χ0v) is 10.9. The molecule has 0 saturated carbocycles. The molecule has 2 fully saturated rings. The smallest absolute Gasteiger partial charge is 0.0209 e. The van der Waals surface area contributed by atoms with Crippen LogP contribution in [0.3, 0.4) is 0 Å². The lowest BCUT2D eigenvalue weighted by atomic mass is 10.0. The van der Waals surface area contributed by atoms with Crippen molar-refractivity contribution in [2.45, 2.75) is 44.2 Å². The van der Waals surface area contributed by atoms with E-state index in [9.17, 15) is 0 Å². The minimum absolute atomic E-state index is 0.757. The second-order valence-electron chi connectivity index (χ2n) is 5.70. The Labute approximate surface area is 100 Å². The van der Waals surface area contributed by atoms with Crippen LogP contribution in [0.4, 0.5) is 0 Å². The Hall–Kier alpha value is -0.120. The fourth-order valence-electron chi connectivity index (χ4n) is 3.04. The van der Waals surface area contributed by atoms with Crippen LogP contribution in [0, 0.1) is 0 Å². The van der Waals surface area contributed by atoms with Crippen LogP contribution in [0.5, 0.6) is 0 Å². The fourth-order valence-corrected chi connectivity index (χ4v) is 3.04. The molecule has 3 nitrogen and oxygen atoms in total. The molecule has 1 atom stereocenters. The molecular formula is C13H27N3. The highest BCUT2D eigenvalue weighted by atomic mass is 15.2. The van der Waals surface area contributed by atoms with E-state index in [0.717, 1.165) is 12.1 Å². The quantitative estimate of drug-likeness (QED) is 0.761. The molecular weight excluding hydrogens is 198 g/mol. The summed E-state index contributed by atoms with van der Waals surface area (Å²) in [5.74, 6) is 0. The van der Waals surface area contributed by atoms with Crippen LogP contribution < -0.4 is 5.32 Å². The van der Waals surface area contributed by atoms with Gasteiger partial charge in [0.05, 0.1) is 0 Å². The second-order valence-corrected chi connectivity index (χ2v) is 5.70. The monoisotopic (exact) mass is 225 g/mol. The van der Waals surface area contributed by atoms with E-state index in [-0.39, 0.29) is 0 Å². The Morgan fingerprint density at radius 3 is 2.06 bits per heavy atom. The number of hydrogen-bond donors (Lipinski definition) is 1. The predicted octanol–water partition coefficient (Wildman–Crippen LogP) is 1.15. The number of likely N-dealkylation sites (tertiary alicyclic amines) is 2. The van der Waals surface area contributed by atoms with E-state index in [2.05, 4.69) is 29.2 Å². The van der Waals surface area contributed by atoms with Gasteiger partial charge in [0.1, 0.15) is 0 Å². The maximum absolute atomic E-state index is 3.87. The van der Waals surface area contributed by atoms with E-state index in [1.165, 1.54) is 58.3 Å². The lowest BCUT2D eigenvalue weighted by Crippen LogP contribution is -2.41. The number of nitrogens with zero attached hydrogens (tertiary/aromatic N) is 2. The molecule has 2 saturated heterocycles. The lowest BCUT2D eigenvalue weighted by Gasteiger charge is -2.27. The largest absolute Gasteiger partial charge is 0.310 e. The number of likely N-dealkylation sites (N-methyl/N-ethyl adjacent to an activating group) is 1. The van der Waals surface area contributed by atoms with Crippen LogP contribution in [0.15, 0.2) is 0 Å². The van der Waals surface area contributed by atoms with Crippen molar-refractivity contribution in [1.29, 1.82) is 0 Å². The molecule has 0 amide bonds. The van der Waals surface area contributed by atoms with E-state index < -0.39 is 0 Å². The van der Waals surface area contributed by atoms with Gasteiger partial charge in [-0.15, -0.1) is 0 Å². The standard InChI is InChI=1S/C13H27N3/c1-15-8-3-5-12(6-4-9-15)14-13-7-10-16(2)11-13/h12-14H,3-11H2,1-2H3. The molecule has 2 heterocycles. The molecule has 16 heavy (non-hydrogen) atoms. The third-order valence-electron chi connectivity index (χ3n) is 4.05. The fraction of sp³-hybridized carbons (Fsp3) is 1.00. The second kappa shape index (κ2) is 5.99. The van der Waals surface area contributed by atoms with Crippen molar-refractivity contribution < 1.29 is 0 Å². The zero-order valence-electron chi connectivity index (χ0n) is 10.9. The SMILES string of the molecule is CN1CCCC(NC2CCN(C)C2)CCC1. The molecule has 1 unspecified atom stereocenters. The van der Waals surface area contributed by atoms with E-state index in [4.69, 9.17) is 0 Å². The molecule has 94 valence electrons. The summed E-state index contributed by atoms with van der Waals surface area (Å²) < 4.78 is 0. The molecule has 0 aliphatic carbocycles. The molecule has 0 spiro atoms. The molecule has 2 rings (SSSR count). The predicted molar refractivity (Wildman–Crippen MR) is 68.8 cm³/mol. The van der Waals surface area contributed by atoms with Crippen molar-refractivity contribution in [1.82, 2.24) is 15.1 Å². The van der Waals surface area contributed by atoms with E-state index >= 15 is 0 Å². The van der Waals surface area contributed by atoms with Gasteiger partial charge in [-0.3, -0.25) is 0 Å². The summed E-state index contributed by atoms with van der Waals surface area (Å²) in [4.78, 5) is 4.91. The van der Waals surface area contributed by atoms with Crippen molar-refractivity contribution in [3.05, 3.63) is 0 Å². The number of nitrogens with one attached hydrogen (secondary N) is 1. The van der Waals surface area contributed by atoms with Crippen molar-refractivity contribution in [2.24, 2.45) is 0 Å². The minimum Gasteiger partial charge on any atom is -0.310 e. The average molecular weight is 225 g/mol. The summed E-state index contributed by atoms with van der Waals surface area (Å²) in [5.41, 5.74) is 0. The molecule has 2 aliphatic rings. The van der Waals surface area contributed by atoms with Crippen molar-refractivity contribution in [3.8, 4) is 0 Å². The summed E-state index contributed by atoms with van der Waals surface area (Å²) in [6, 6.07) is 1.54. The van der Waals surface area contributed by atoms with Crippen molar-refractivity contribution in [2.75, 3.05) is 40.3 Å². The van der Waals surface area contributed by atoms with Crippen LogP contribution >= 0.6 is 0 Å². The van der Waals surface area contributed by atoms with Crippen LogP contribution in [0.25, 0.3) is 0 Å². The molecule has 3 heteroatoms. The first kappa shape index (κ1) is 12.3. The number of rotatable bonds is 2. The highest BCUT2D eigenvalue weighted by Gasteiger charge is 2.22. The van der Waals surface area contributed by atoms with Crippen molar-refractivity contribution in [3.63, 3.8) is 0 Å². The Kier molecular flexibility index (Phi) is 4.62. The summed E-state index contributed by atoms with van der Waals surface area (Å²) in [7, 11) is 4.48. The summed E-state index contributed by atoms with van der Waals surface area (Å²) in [6.45, 7) is 5.08. The van der Waals surface area contributed by atoms with Crippen LogP contribution in [0.2, 0.25) is 0 Å². The Bertz CT molecular complexity index is 197. The minimum atomic E-state index is 0.757. The summed E-state index contributed by atoms with van der Waals surface area (Å²) >= 11 is 0. The lowest BCUT2D eigenvalue weighted by molar-refractivity contribution is 0.262. The Balaban J connectivity index is 1.72. The third kappa shape index (κ3) is 3.72. The van der Waals surface area contributed by atoms with Crippen LogP contribution in [-0.2, 0) is 0 Å². The third-order valence-corrected chi connectivity index (χ3v) is 4.05.